The van der Waals surface area contributed by atoms with E-state index in [-0.39, 0.29) is 23.2 Å². The number of nitrogens with zero attached hydrogens (tertiary/aromatic N) is 2. The third kappa shape index (κ3) is 9.79. The predicted octanol–water partition coefficient (Wildman–Crippen LogP) is 14.7. The van der Waals surface area contributed by atoms with Crippen LogP contribution in [0.5, 0.6) is 5.75 Å². The summed E-state index contributed by atoms with van der Waals surface area (Å²) < 4.78 is 9.89. The van der Waals surface area contributed by atoms with Crippen molar-refractivity contribution < 1.29 is 19.2 Å². The van der Waals surface area contributed by atoms with Crippen molar-refractivity contribution in [3.63, 3.8) is 0 Å². The molecular formula is C56H63BrClN2O3S+. The Morgan fingerprint density at radius 2 is 1.61 bits per heavy atom. The van der Waals surface area contributed by atoms with Gasteiger partial charge in [0, 0.05) is 97.0 Å². The maximum absolute atomic E-state index is 13.2. The number of ketones is 1. The molecule has 3 heterocycles. The zero-order chi connectivity index (χ0) is 44.8. The molecule has 2 aliphatic carbocycles. The van der Waals surface area contributed by atoms with Crippen molar-refractivity contribution in [3.05, 3.63) is 162 Å². The van der Waals surface area contributed by atoms with Gasteiger partial charge in [0.05, 0.1) is 12.0 Å². The lowest BCUT2D eigenvalue weighted by molar-refractivity contribution is -0.438. The number of allylic oxidation sites excluding steroid dienone is 9. The first-order valence-electron chi connectivity index (χ1n) is 23.4. The molecule has 64 heavy (non-hydrogen) atoms. The topological polar surface area (TPSA) is 52.8 Å². The molecule has 0 fully saturated rings. The van der Waals surface area contributed by atoms with Crippen LogP contribution in [-0.2, 0) is 17.3 Å². The summed E-state index contributed by atoms with van der Waals surface area (Å²) in [6.07, 6.45) is 23.3. The molecule has 8 heteroatoms. The van der Waals surface area contributed by atoms with Crippen LogP contribution in [0.1, 0.15) is 130 Å². The van der Waals surface area contributed by atoms with Crippen molar-refractivity contribution in [3.8, 4) is 5.75 Å². The van der Waals surface area contributed by atoms with E-state index >= 15 is 0 Å². The Morgan fingerprint density at radius 1 is 0.844 bits per heavy atom. The molecule has 5 nitrogen and oxygen atoms in total. The first-order valence-corrected chi connectivity index (χ1v) is 25.5. The van der Waals surface area contributed by atoms with Crippen LogP contribution in [0.25, 0.3) is 6.08 Å². The van der Waals surface area contributed by atoms with Gasteiger partial charge >= 0.3 is 0 Å². The van der Waals surface area contributed by atoms with E-state index in [4.69, 9.17) is 16.3 Å². The lowest BCUT2D eigenvalue weighted by Crippen LogP contribution is -2.28. The van der Waals surface area contributed by atoms with E-state index in [0.29, 0.717) is 13.0 Å². The fourth-order valence-electron chi connectivity index (χ4n) is 10.2. The number of para-hydroxylation sites is 2. The van der Waals surface area contributed by atoms with E-state index in [1.807, 2.05) is 29.7 Å². The van der Waals surface area contributed by atoms with Crippen molar-refractivity contribution in [2.45, 2.75) is 116 Å². The molecule has 0 saturated carbocycles. The molecule has 1 aromatic heterocycles. The van der Waals surface area contributed by atoms with E-state index in [1.54, 1.807) is 11.3 Å². The molecule has 0 saturated heterocycles. The van der Waals surface area contributed by atoms with Crippen LogP contribution in [0, 0.1) is 0 Å². The number of carbonyl (C=O) groups excluding carboxylic acids is 1. The van der Waals surface area contributed by atoms with Crippen molar-refractivity contribution in [2.24, 2.45) is 0 Å². The second kappa shape index (κ2) is 20.5. The second-order valence-electron chi connectivity index (χ2n) is 18.8. The summed E-state index contributed by atoms with van der Waals surface area (Å²) in [7, 11) is 0. The summed E-state index contributed by atoms with van der Waals surface area (Å²) >= 11 is 12.5. The highest BCUT2D eigenvalue weighted by atomic mass is 79.9. The molecule has 3 aromatic carbocycles. The number of rotatable bonds is 18. The maximum Gasteiger partial charge on any atom is 0.209 e. The summed E-state index contributed by atoms with van der Waals surface area (Å²) in [4.78, 5) is 16.8. The number of fused-ring (bicyclic) bond motifs is 3. The smallest absolute Gasteiger partial charge is 0.209 e. The number of carbonyl (C=O) groups is 1. The van der Waals surface area contributed by atoms with Crippen LogP contribution in [0.2, 0.25) is 0 Å². The van der Waals surface area contributed by atoms with Crippen LogP contribution < -0.4 is 9.64 Å². The first kappa shape index (κ1) is 46.3. The minimum absolute atomic E-state index is 0.108. The molecule has 4 aromatic rings. The number of Topliss-reactive ketones (excluding diaryl/α,β-unsaturated/α-hetero) is 1. The number of hydrogen-bond donors (Lipinski definition) is 1. The van der Waals surface area contributed by atoms with Crippen molar-refractivity contribution >= 4 is 67.8 Å². The van der Waals surface area contributed by atoms with Gasteiger partial charge in [0.15, 0.2) is 11.5 Å². The maximum atomic E-state index is 13.2. The van der Waals surface area contributed by atoms with Gasteiger partial charge in [-0.25, -0.2) is 0 Å². The Balaban J connectivity index is 0.920. The number of aliphatic hydroxyl groups is 1. The van der Waals surface area contributed by atoms with Gasteiger partial charge in [-0.1, -0.05) is 105 Å². The van der Waals surface area contributed by atoms with Gasteiger partial charge in [-0.2, -0.15) is 4.58 Å². The summed E-state index contributed by atoms with van der Waals surface area (Å²) in [5, 5.41) is 12.2. The second-order valence-corrected chi connectivity index (χ2v) is 21.0. The molecular weight excluding hydrogens is 896 g/mol. The number of thiophene rings is 1. The largest absolute Gasteiger partial charge is 0.493 e. The van der Waals surface area contributed by atoms with Gasteiger partial charge in [-0.05, 0) is 122 Å². The highest BCUT2D eigenvalue weighted by Crippen LogP contribution is 2.48. The van der Waals surface area contributed by atoms with Crippen LogP contribution in [0.4, 0.5) is 11.4 Å². The van der Waals surface area contributed by atoms with Crippen molar-refractivity contribution in [1.82, 2.24) is 0 Å². The number of aliphatic hydroxyl groups excluding tert-OH is 1. The van der Waals surface area contributed by atoms with Gasteiger partial charge in [-0.15, -0.1) is 11.3 Å². The lowest BCUT2D eigenvalue weighted by atomic mass is 9.81. The zero-order valence-corrected chi connectivity index (χ0v) is 41.2. The Morgan fingerprint density at radius 3 is 2.42 bits per heavy atom. The van der Waals surface area contributed by atoms with Gasteiger partial charge < -0.3 is 14.7 Å². The molecule has 2 aliphatic heterocycles. The van der Waals surface area contributed by atoms with Crippen molar-refractivity contribution in [1.29, 1.82) is 0 Å². The quantitative estimate of drug-likeness (QED) is 0.0613. The van der Waals surface area contributed by atoms with Gasteiger partial charge in [0.25, 0.3) is 0 Å². The Bertz CT molecular complexity index is 2570. The molecule has 0 spiro atoms. The zero-order valence-electron chi connectivity index (χ0n) is 38.0. The third-order valence-electron chi connectivity index (χ3n) is 13.7. The van der Waals surface area contributed by atoms with Crippen molar-refractivity contribution in [2.75, 3.05) is 31.2 Å². The van der Waals surface area contributed by atoms with E-state index in [0.717, 1.165) is 121 Å². The number of unbranched alkanes of at least 4 members (excludes halogenated alkanes) is 6. The Labute approximate surface area is 398 Å². The van der Waals surface area contributed by atoms with Crippen LogP contribution in [0.15, 0.2) is 134 Å². The minimum atomic E-state index is -0.136. The SMILES string of the molecule is CC1(C)C(=CC=C2CCCC(C=CC3=[N+](CCCCCCO)c4ccccc4C3(C)C)=C2Cl)N(CCCCCCOc2cccc3c2CC(=Cc2cc(Br)cs2)C3=O)c2ccccc21. The summed E-state index contributed by atoms with van der Waals surface area (Å²) in [5.74, 6) is 0.945. The number of ether oxygens (including phenoxy) is 1. The monoisotopic (exact) mass is 957 g/mol. The molecule has 0 unspecified atom stereocenters. The molecule has 8 rings (SSSR count). The highest BCUT2D eigenvalue weighted by Gasteiger charge is 2.44. The number of hydrogen-bond acceptors (Lipinski definition) is 5. The molecule has 334 valence electrons. The summed E-state index contributed by atoms with van der Waals surface area (Å²) in [6.45, 7) is 12.2. The molecule has 0 bridgehead atoms. The fraction of sp³-hybridized carbons (Fsp3) is 0.393. The molecule has 4 aliphatic rings. The number of anilines is 1. The van der Waals surface area contributed by atoms with E-state index in [2.05, 4.69) is 132 Å². The van der Waals surface area contributed by atoms with Crippen LogP contribution in [0.3, 0.4) is 0 Å². The average molecular weight is 960 g/mol. The van der Waals surface area contributed by atoms with Crippen LogP contribution >= 0.6 is 38.9 Å². The van der Waals surface area contributed by atoms with Gasteiger partial charge in [-0.3, -0.25) is 4.79 Å². The standard InChI is InChI=1S/C56H63BrClN2O3S/c1-55(2)46-22-9-11-24-48(46)59(31-13-5-7-15-33-61)51(55)29-27-39-19-17-20-40(53(39)58)28-30-52-56(3,4)47-23-10-12-25-49(47)60(52)32-14-6-8-16-34-63-50-26-18-21-44-45(50)36-41(54(44)62)35-43-37-42(57)38-64-43/h9-12,18,21-30,35,37-38,61H,5-8,13-17,19-20,31-34,36H2,1-4H3/q+1. The Hall–Kier alpha value is -4.27. The number of halogens is 2. The third-order valence-corrected chi connectivity index (χ3v) is 15.8. The molecule has 0 atom stereocenters. The summed E-state index contributed by atoms with van der Waals surface area (Å²) in [6, 6.07) is 25.7. The Kier molecular flexibility index (Phi) is 14.8. The highest BCUT2D eigenvalue weighted by molar-refractivity contribution is 9.10. The summed E-state index contributed by atoms with van der Waals surface area (Å²) in [5.41, 5.74) is 12.8. The first-order chi connectivity index (χ1) is 31.0. The molecule has 1 N–H and O–H groups in total. The van der Waals surface area contributed by atoms with Gasteiger partial charge in [0.1, 0.15) is 12.3 Å². The fourth-order valence-corrected chi connectivity index (χ4v) is 11.9. The molecule has 0 radical (unpaired) electrons. The molecule has 0 amide bonds. The average Bonchev–Trinajstić information content (AvgIpc) is 3.97. The van der Waals surface area contributed by atoms with E-state index in [1.165, 1.54) is 45.1 Å². The lowest BCUT2D eigenvalue weighted by Gasteiger charge is -2.27. The normalized spacial score (nSPS) is 19.5. The van der Waals surface area contributed by atoms with Crippen LogP contribution in [-0.4, -0.2) is 47.5 Å². The van der Waals surface area contributed by atoms with E-state index < -0.39 is 0 Å². The van der Waals surface area contributed by atoms with E-state index in [9.17, 15) is 9.90 Å². The minimum Gasteiger partial charge on any atom is -0.493 e. The van der Waals surface area contributed by atoms with Gasteiger partial charge in [0.2, 0.25) is 5.69 Å². The predicted molar refractivity (Wildman–Crippen MR) is 272 cm³/mol. The number of benzene rings is 3.